The highest BCUT2D eigenvalue weighted by Crippen LogP contribution is 2.32. The molecule has 1 amide bonds. The highest BCUT2D eigenvalue weighted by Gasteiger charge is 2.36. The highest BCUT2D eigenvalue weighted by atomic mass is 32.2. The summed E-state index contributed by atoms with van der Waals surface area (Å²) in [5, 5.41) is 10.3. The van der Waals surface area contributed by atoms with Crippen LogP contribution >= 0.6 is 11.3 Å². The van der Waals surface area contributed by atoms with Crippen LogP contribution in [0.2, 0.25) is 0 Å². The van der Waals surface area contributed by atoms with Gasteiger partial charge >= 0.3 is 0 Å². The first kappa shape index (κ1) is 18.8. The Kier molecular flexibility index (Phi) is 5.00. The van der Waals surface area contributed by atoms with Gasteiger partial charge in [0.1, 0.15) is 9.90 Å². The summed E-state index contributed by atoms with van der Waals surface area (Å²) >= 11 is 1.16. The molecule has 4 rings (SSSR count). The van der Waals surface area contributed by atoms with Crippen LogP contribution in [-0.2, 0) is 10.0 Å². The normalized spacial score (nSPS) is 18.3. The SMILES string of the molecule is C[C@@H]1CN(C(=O)c2ccccc2)CCN1S(=O)(=O)c1ccc(-c2cn[nH]n2)s1. The van der Waals surface area contributed by atoms with Crippen molar-refractivity contribution in [3.63, 3.8) is 0 Å². The van der Waals surface area contributed by atoms with Gasteiger partial charge in [-0.15, -0.1) is 11.3 Å². The monoisotopic (exact) mass is 417 g/mol. The molecule has 3 heterocycles. The zero-order chi connectivity index (χ0) is 19.7. The van der Waals surface area contributed by atoms with Crippen LogP contribution in [-0.4, -0.2) is 64.6 Å². The summed E-state index contributed by atoms with van der Waals surface area (Å²) in [6.07, 6.45) is 1.55. The fraction of sp³-hybridized carbons (Fsp3) is 0.278. The number of piperazine rings is 1. The number of thiophene rings is 1. The number of sulfonamides is 1. The number of benzene rings is 1. The van der Waals surface area contributed by atoms with Crippen molar-refractivity contribution < 1.29 is 13.2 Å². The summed E-state index contributed by atoms with van der Waals surface area (Å²) in [5.41, 5.74) is 1.22. The average Bonchev–Trinajstić information content (AvgIpc) is 3.39. The van der Waals surface area contributed by atoms with Gasteiger partial charge in [0.15, 0.2) is 0 Å². The molecule has 1 atom stereocenters. The van der Waals surface area contributed by atoms with E-state index in [0.29, 0.717) is 24.3 Å². The number of carbonyl (C=O) groups is 1. The Morgan fingerprint density at radius 2 is 1.96 bits per heavy atom. The molecule has 8 nitrogen and oxygen atoms in total. The van der Waals surface area contributed by atoms with Gasteiger partial charge in [-0.2, -0.15) is 19.7 Å². The molecule has 1 fully saturated rings. The van der Waals surface area contributed by atoms with Crippen molar-refractivity contribution in [1.29, 1.82) is 0 Å². The second kappa shape index (κ2) is 7.46. The van der Waals surface area contributed by atoms with Crippen LogP contribution in [0.4, 0.5) is 0 Å². The van der Waals surface area contributed by atoms with Gasteiger partial charge in [-0.25, -0.2) is 8.42 Å². The molecule has 1 aliphatic rings. The van der Waals surface area contributed by atoms with Crippen LogP contribution < -0.4 is 0 Å². The number of aromatic amines is 1. The number of hydrogen-bond acceptors (Lipinski definition) is 6. The molecule has 2 aromatic heterocycles. The molecule has 0 radical (unpaired) electrons. The standard InChI is InChI=1S/C18H19N5O3S2/c1-13-12-22(18(24)14-5-3-2-4-6-14)9-10-23(13)28(25,26)17-8-7-16(27-17)15-11-19-21-20-15/h2-8,11,13H,9-10,12H2,1H3,(H,19,20,21)/t13-/m1/s1. The summed E-state index contributed by atoms with van der Waals surface area (Å²) in [5.74, 6) is -0.0751. The summed E-state index contributed by atoms with van der Waals surface area (Å²) < 4.78 is 28.0. The van der Waals surface area contributed by atoms with Crippen molar-refractivity contribution >= 4 is 27.3 Å². The lowest BCUT2D eigenvalue weighted by Crippen LogP contribution is -2.55. The van der Waals surface area contributed by atoms with Crippen molar-refractivity contribution in [2.75, 3.05) is 19.6 Å². The molecule has 28 heavy (non-hydrogen) atoms. The van der Waals surface area contributed by atoms with E-state index in [0.717, 1.165) is 16.2 Å². The first-order chi connectivity index (χ1) is 13.5. The fourth-order valence-electron chi connectivity index (χ4n) is 3.28. The van der Waals surface area contributed by atoms with Crippen molar-refractivity contribution in [2.45, 2.75) is 17.2 Å². The third kappa shape index (κ3) is 3.46. The number of rotatable bonds is 4. The first-order valence-electron chi connectivity index (χ1n) is 8.79. The van der Waals surface area contributed by atoms with E-state index in [1.807, 2.05) is 25.1 Å². The maximum atomic E-state index is 13.1. The summed E-state index contributed by atoms with van der Waals surface area (Å²) in [6.45, 7) is 2.81. The Balaban J connectivity index is 1.50. The third-order valence-corrected chi connectivity index (χ3v) is 8.28. The maximum absolute atomic E-state index is 13.1. The second-order valence-corrected chi connectivity index (χ2v) is 9.76. The van der Waals surface area contributed by atoms with Gasteiger partial charge in [0.2, 0.25) is 0 Å². The minimum Gasteiger partial charge on any atom is -0.336 e. The lowest BCUT2D eigenvalue weighted by Gasteiger charge is -2.38. The van der Waals surface area contributed by atoms with Gasteiger partial charge in [0.25, 0.3) is 15.9 Å². The van der Waals surface area contributed by atoms with Crippen LogP contribution in [0.5, 0.6) is 0 Å². The minimum atomic E-state index is -3.64. The van der Waals surface area contributed by atoms with Gasteiger partial charge in [-0.1, -0.05) is 18.2 Å². The molecule has 10 heteroatoms. The summed E-state index contributed by atoms with van der Waals surface area (Å²) in [7, 11) is -3.64. The Morgan fingerprint density at radius 1 is 1.18 bits per heavy atom. The molecule has 146 valence electrons. The molecule has 1 aliphatic heterocycles. The number of H-pyrrole nitrogens is 1. The smallest absolute Gasteiger partial charge is 0.253 e. The van der Waals surface area contributed by atoms with Crippen LogP contribution in [0.1, 0.15) is 17.3 Å². The largest absolute Gasteiger partial charge is 0.336 e. The lowest BCUT2D eigenvalue weighted by atomic mass is 10.1. The predicted molar refractivity (Wildman–Crippen MR) is 105 cm³/mol. The number of amides is 1. The van der Waals surface area contributed by atoms with E-state index < -0.39 is 10.0 Å². The molecule has 3 aromatic rings. The average molecular weight is 418 g/mol. The van der Waals surface area contributed by atoms with E-state index in [1.54, 1.807) is 35.4 Å². The number of aromatic nitrogens is 3. The van der Waals surface area contributed by atoms with Gasteiger partial charge < -0.3 is 4.90 Å². The maximum Gasteiger partial charge on any atom is 0.253 e. The van der Waals surface area contributed by atoms with E-state index >= 15 is 0 Å². The molecule has 1 aromatic carbocycles. The molecule has 1 N–H and O–H groups in total. The molecule has 0 bridgehead atoms. The van der Waals surface area contributed by atoms with Crippen molar-refractivity contribution in [1.82, 2.24) is 24.6 Å². The molecule has 0 spiro atoms. The Hall–Kier alpha value is -2.56. The Bertz CT molecular complexity index is 1060. The summed E-state index contributed by atoms with van der Waals surface area (Å²) in [4.78, 5) is 15.1. The van der Waals surface area contributed by atoms with E-state index in [-0.39, 0.29) is 22.7 Å². The fourth-order valence-corrected chi connectivity index (χ4v) is 6.28. The number of nitrogens with one attached hydrogen (secondary N) is 1. The van der Waals surface area contributed by atoms with Crippen LogP contribution in [0.15, 0.2) is 52.9 Å². The second-order valence-electron chi connectivity index (χ2n) is 6.56. The Morgan fingerprint density at radius 3 is 2.64 bits per heavy atom. The minimum absolute atomic E-state index is 0.0751. The van der Waals surface area contributed by atoms with Crippen LogP contribution in [0.25, 0.3) is 10.6 Å². The van der Waals surface area contributed by atoms with Crippen molar-refractivity contribution in [3.05, 3.63) is 54.2 Å². The van der Waals surface area contributed by atoms with E-state index in [4.69, 9.17) is 0 Å². The lowest BCUT2D eigenvalue weighted by molar-refractivity contribution is 0.0642. The van der Waals surface area contributed by atoms with E-state index in [2.05, 4.69) is 15.4 Å². The van der Waals surface area contributed by atoms with Gasteiger partial charge in [0.05, 0.1) is 11.1 Å². The molecule has 0 aliphatic carbocycles. The number of hydrogen-bond donors (Lipinski definition) is 1. The first-order valence-corrected chi connectivity index (χ1v) is 11.0. The molecule has 0 saturated carbocycles. The number of carbonyl (C=O) groups excluding carboxylic acids is 1. The topological polar surface area (TPSA) is 99.3 Å². The van der Waals surface area contributed by atoms with E-state index in [9.17, 15) is 13.2 Å². The molecule has 1 saturated heterocycles. The van der Waals surface area contributed by atoms with Crippen molar-refractivity contribution in [2.24, 2.45) is 0 Å². The van der Waals surface area contributed by atoms with Crippen LogP contribution in [0, 0.1) is 0 Å². The zero-order valence-electron chi connectivity index (χ0n) is 15.1. The van der Waals surface area contributed by atoms with Gasteiger partial charge in [-0.3, -0.25) is 4.79 Å². The van der Waals surface area contributed by atoms with Crippen molar-refractivity contribution in [3.8, 4) is 10.6 Å². The molecular formula is C18H19N5O3S2. The Labute approximate surface area is 166 Å². The van der Waals surface area contributed by atoms with Gasteiger partial charge in [0, 0.05) is 31.2 Å². The van der Waals surface area contributed by atoms with Gasteiger partial charge in [-0.05, 0) is 31.2 Å². The molecular weight excluding hydrogens is 398 g/mol. The van der Waals surface area contributed by atoms with E-state index in [1.165, 1.54) is 4.31 Å². The highest BCUT2D eigenvalue weighted by molar-refractivity contribution is 7.91. The third-order valence-electron chi connectivity index (χ3n) is 4.69. The zero-order valence-corrected chi connectivity index (χ0v) is 16.8. The number of nitrogens with zero attached hydrogens (tertiary/aromatic N) is 4. The van der Waals surface area contributed by atoms with Crippen LogP contribution in [0.3, 0.4) is 0 Å². The quantitative estimate of drug-likeness (QED) is 0.701. The summed E-state index contributed by atoms with van der Waals surface area (Å²) in [6, 6.07) is 12.1. The predicted octanol–water partition coefficient (Wildman–Crippen LogP) is 2.07. The molecule has 0 unspecified atom stereocenters.